The molecule has 0 spiro atoms. The number of rotatable bonds is 6. The highest BCUT2D eigenvalue weighted by Crippen LogP contribution is 2.36. The van der Waals surface area contributed by atoms with Crippen molar-refractivity contribution in [2.75, 3.05) is 11.4 Å². The van der Waals surface area contributed by atoms with Crippen LogP contribution in [0.4, 0.5) is 5.69 Å². The summed E-state index contributed by atoms with van der Waals surface area (Å²) < 4.78 is 1.80. The fraction of sp³-hybridized carbons (Fsp3) is 0.560. The number of carbonyl (C=O) groups excluding carboxylic acids is 1. The van der Waals surface area contributed by atoms with Gasteiger partial charge in [0.05, 0.1) is 16.6 Å². The van der Waals surface area contributed by atoms with E-state index in [1.54, 1.807) is 21.8 Å². The number of aromatic carboxylic acids is 1. The zero-order valence-corrected chi connectivity index (χ0v) is 20.4. The van der Waals surface area contributed by atoms with Gasteiger partial charge in [0.15, 0.2) is 0 Å². The third-order valence-corrected chi connectivity index (χ3v) is 6.84. The first kappa shape index (κ1) is 24.1. The predicted molar refractivity (Wildman–Crippen MR) is 128 cm³/mol. The van der Waals surface area contributed by atoms with E-state index in [0.29, 0.717) is 23.0 Å². The van der Waals surface area contributed by atoms with Crippen molar-refractivity contribution in [2.24, 2.45) is 17.3 Å². The second-order valence-electron chi connectivity index (χ2n) is 9.87. The van der Waals surface area contributed by atoms with Crippen LogP contribution >= 0.6 is 11.3 Å². The third kappa shape index (κ3) is 6.01. The molecule has 0 bridgehead atoms. The van der Waals surface area contributed by atoms with Gasteiger partial charge in [-0.05, 0) is 71.4 Å². The molecule has 0 saturated heterocycles. The summed E-state index contributed by atoms with van der Waals surface area (Å²) in [6.45, 7) is 10.6. The number of amides is 1. The monoisotopic (exact) mass is 455 g/mol. The quantitative estimate of drug-likeness (QED) is 0.587. The number of aromatic nitrogens is 2. The van der Waals surface area contributed by atoms with Crippen molar-refractivity contribution < 1.29 is 14.7 Å². The maximum Gasteiger partial charge on any atom is 0.348 e. The van der Waals surface area contributed by atoms with Crippen LogP contribution in [0.3, 0.4) is 0 Å². The second kappa shape index (κ2) is 9.91. The summed E-state index contributed by atoms with van der Waals surface area (Å²) in [6, 6.07) is 3.52. The highest BCUT2D eigenvalue weighted by Gasteiger charge is 2.33. The fourth-order valence-electron chi connectivity index (χ4n) is 3.97. The molecular formula is C25H33N3O3S. The number of hydrogen-bond acceptors (Lipinski definition) is 4. The topological polar surface area (TPSA) is 75.4 Å². The number of carboxylic acid groups (broad SMARTS) is 1. The number of thiophene rings is 1. The first-order chi connectivity index (χ1) is 15.0. The van der Waals surface area contributed by atoms with Gasteiger partial charge in [0.1, 0.15) is 4.88 Å². The molecule has 172 valence electrons. The molecule has 1 saturated carbocycles. The first-order valence-electron chi connectivity index (χ1n) is 11.3. The molecule has 1 N–H and O–H groups in total. The molecule has 1 aliphatic carbocycles. The molecule has 2 aromatic rings. The van der Waals surface area contributed by atoms with Gasteiger partial charge in [0.2, 0.25) is 5.91 Å². The normalized spacial score (nSPS) is 19.7. The van der Waals surface area contributed by atoms with Gasteiger partial charge in [-0.3, -0.25) is 9.48 Å². The highest BCUT2D eigenvalue weighted by atomic mass is 32.1. The van der Waals surface area contributed by atoms with Gasteiger partial charge in [-0.1, -0.05) is 18.8 Å². The van der Waals surface area contributed by atoms with E-state index >= 15 is 0 Å². The lowest BCUT2D eigenvalue weighted by Gasteiger charge is -2.32. The van der Waals surface area contributed by atoms with Gasteiger partial charge in [-0.2, -0.15) is 5.10 Å². The summed E-state index contributed by atoms with van der Waals surface area (Å²) in [7, 11) is 0. The molecule has 0 aromatic carbocycles. The van der Waals surface area contributed by atoms with Gasteiger partial charge in [0.25, 0.3) is 0 Å². The summed E-state index contributed by atoms with van der Waals surface area (Å²) in [5.41, 5.74) is 0.250. The van der Waals surface area contributed by atoms with Crippen molar-refractivity contribution in [3.05, 3.63) is 34.3 Å². The summed E-state index contributed by atoms with van der Waals surface area (Å²) in [6.07, 6.45) is 7.30. The van der Waals surface area contributed by atoms with Gasteiger partial charge >= 0.3 is 5.97 Å². The Balaban J connectivity index is 1.99. The summed E-state index contributed by atoms with van der Waals surface area (Å²) in [5, 5.41) is 14.2. The molecule has 0 radical (unpaired) electrons. The van der Waals surface area contributed by atoms with Crippen LogP contribution in [0.5, 0.6) is 0 Å². The molecule has 6 nitrogen and oxygen atoms in total. The van der Waals surface area contributed by atoms with E-state index in [2.05, 4.69) is 23.9 Å². The van der Waals surface area contributed by atoms with E-state index in [-0.39, 0.29) is 28.2 Å². The fourth-order valence-corrected chi connectivity index (χ4v) is 4.82. The average molecular weight is 456 g/mol. The van der Waals surface area contributed by atoms with Crippen LogP contribution in [0.15, 0.2) is 24.5 Å². The van der Waals surface area contributed by atoms with E-state index < -0.39 is 5.97 Å². The largest absolute Gasteiger partial charge is 0.477 e. The van der Waals surface area contributed by atoms with Crippen LogP contribution < -0.4 is 4.90 Å². The molecule has 0 aliphatic heterocycles. The average Bonchev–Trinajstić information content (AvgIpc) is 3.40. The van der Waals surface area contributed by atoms with E-state index in [1.165, 1.54) is 0 Å². The van der Waals surface area contributed by atoms with Gasteiger partial charge in [-0.15, -0.1) is 11.3 Å². The van der Waals surface area contributed by atoms with Crippen LogP contribution in [0.1, 0.15) is 80.9 Å². The number of nitrogens with zero attached hydrogens (tertiary/aromatic N) is 3. The summed E-state index contributed by atoms with van der Waals surface area (Å²) in [5.74, 6) is 5.80. The number of carbonyl (C=O) groups is 2. The Morgan fingerprint density at radius 3 is 2.56 bits per heavy atom. The van der Waals surface area contributed by atoms with E-state index in [1.807, 2.05) is 40.0 Å². The highest BCUT2D eigenvalue weighted by molar-refractivity contribution is 7.15. The van der Waals surface area contributed by atoms with Gasteiger partial charge in [0, 0.05) is 30.3 Å². The molecule has 1 fully saturated rings. The SMILES string of the molecule is CC(CN(c1cc(C#CC(C)(C)C)sc1C(=O)O)C(=O)[C@H]1CC[C@H](C)CC1)n1cccn1. The van der Waals surface area contributed by atoms with E-state index in [9.17, 15) is 14.7 Å². The Labute approximate surface area is 194 Å². The van der Waals surface area contributed by atoms with Gasteiger partial charge in [-0.25, -0.2) is 4.79 Å². The van der Waals surface area contributed by atoms with Crippen molar-refractivity contribution in [3.63, 3.8) is 0 Å². The minimum Gasteiger partial charge on any atom is -0.477 e. The van der Waals surface area contributed by atoms with Crippen LogP contribution in [0, 0.1) is 29.1 Å². The maximum atomic E-state index is 13.7. The zero-order chi connectivity index (χ0) is 23.5. The minimum atomic E-state index is -1.03. The standard InChI is InChI=1S/C25H33N3O3S/c1-17-7-9-19(10-8-17)23(29)27(16-18(2)28-14-6-13-26-28)21-15-20(11-12-25(3,4)5)32-22(21)24(30)31/h6,13-15,17-19H,7-10,16H2,1-5H3,(H,30,31)/t17-,18?,19-. The van der Waals surface area contributed by atoms with Crippen molar-refractivity contribution >= 4 is 28.9 Å². The summed E-state index contributed by atoms with van der Waals surface area (Å²) in [4.78, 5) is 28.3. The molecule has 3 rings (SSSR count). The molecular weight excluding hydrogens is 422 g/mol. The number of carboxylic acids is 1. The Morgan fingerprint density at radius 1 is 1.31 bits per heavy atom. The Kier molecular flexibility index (Phi) is 7.45. The molecule has 7 heteroatoms. The molecule has 1 aliphatic rings. The molecule has 32 heavy (non-hydrogen) atoms. The molecule has 2 aromatic heterocycles. The van der Waals surface area contributed by atoms with Crippen molar-refractivity contribution in [2.45, 2.75) is 66.3 Å². The molecule has 2 heterocycles. The Hall–Kier alpha value is -2.59. The molecule has 1 amide bonds. The van der Waals surface area contributed by atoms with E-state index in [4.69, 9.17) is 0 Å². The summed E-state index contributed by atoms with van der Waals surface area (Å²) >= 11 is 1.14. The smallest absolute Gasteiger partial charge is 0.348 e. The van der Waals surface area contributed by atoms with Crippen LogP contribution in [-0.4, -0.2) is 33.3 Å². The molecule has 1 unspecified atom stereocenters. The Morgan fingerprint density at radius 2 is 2.00 bits per heavy atom. The lowest BCUT2D eigenvalue weighted by molar-refractivity contribution is -0.123. The number of anilines is 1. The van der Waals surface area contributed by atoms with Crippen molar-refractivity contribution in [1.82, 2.24) is 9.78 Å². The number of hydrogen-bond donors (Lipinski definition) is 1. The third-order valence-electron chi connectivity index (χ3n) is 5.81. The lowest BCUT2D eigenvalue weighted by atomic mass is 9.82. The first-order valence-corrected chi connectivity index (χ1v) is 12.1. The van der Waals surface area contributed by atoms with Gasteiger partial charge < -0.3 is 10.0 Å². The van der Waals surface area contributed by atoms with Crippen LogP contribution in [0.2, 0.25) is 0 Å². The van der Waals surface area contributed by atoms with Crippen LogP contribution in [-0.2, 0) is 4.79 Å². The van der Waals surface area contributed by atoms with E-state index in [0.717, 1.165) is 37.0 Å². The zero-order valence-electron chi connectivity index (χ0n) is 19.6. The predicted octanol–water partition coefficient (Wildman–Crippen LogP) is 5.46. The van der Waals surface area contributed by atoms with Crippen molar-refractivity contribution in [3.8, 4) is 11.8 Å². The minimum absolute atomic E-state index is 0.00605. The van der Waals surface area contributed by atoms with Crippen molar-refractivity contribution in [1.29, 1.82) is 0 Å². The lowest BCUT2D eigenvalue weighted by Crippen LogP contribution is -2.41. The second-order valence-corrected chi connectivity index (χ2v) is 10.9. The Bertz CT molecular complexity index is 1000. The molecule has 1 atom stereocenters. The maximum absolute atomic E-state index is 13.7. The van der Waals surface area contributed by atoms with Crippen LogP contribution in [0.25, 0.3) is 0 Å².